The third-order valence-corrected chi connectivity index (χ3v) is 3.88. The van der Waals surface area contributed by atoms with Crippen molar-refractivity contribution in [3.05, 3.63) is 18.1 Å². The fraction of sp³-hybridized carbons (Fsp3) is 0.643. The lowest BCUT2D eigenvalue weighted by molar-refractivity contribution is 0.0291. The van der Waals surface area contributed by atoms with Gasteiger partial charge in [-0.15, -0.1) is 0 Å². The molecule has 0 radical (unpaired) electrons. The highest BCUT2D eigenvalue weighted by Gasteiger charge is 2.36. The van der Waals surface area contributed by atoms with E-state index in [1.165, 1.54) is 12.4 Å². The van der Waals surface area contributed by atoms with E-state index in [0.29, 0.717) is 12.4 Å². The van der Waals surface area contributed by atoms with Crippen LogP contribution in [0.3, 0.4) is 0 Å². The Morgan fingerprint density at radius 2 is 2.05 bits per heavy atom. The molecular formula is C14H21N3O3. The van der Waals surface area contributed by atoms with Crippen LogP contribution in [0.2, 0.25) is 0 Å². The van der Waals surface area contributed by atoms with Gasteiger partial charge in [0, 0.05) is 13.1 Å². The van der Waals surface area contributed by atoms with Crippen molar-refractivity contribution in [2.45, 2.75) is 33.3 Å². The van der Waals surface area contributed by atoms with Gasteiger partial charge in [0.2, 0.25) is 0 Å². The van der Waals surface area contributed by atoms with E-state index in [9.17, 15) is 9.90 Å². The first-order chi connectivity index (χ1) is 9.29. The van der Waals surface area contributed by atoms with Crippen molar-refractivity contribution < 1.29 is 15.0 Å². The number of aromatic carboxylic acids is 1. The first-order valence-corrected chi connectivity index (χ1v) is 6.77. The van der Waals surface area contributed by atoms with Gasteiger partial charge in [-0.05, 0) is 17.8 Å². The van der Waals surface area contributed by atoms with Crippen LogP contribution in [-0.2, 0) is 0 Å². The minimum atomic E-state index is -1.09. The van der Waals surface area contributed by atoms with Gasteiger partial charge in [-0.25, -0.2) is 14.8 Å². The standard InChI is InChI=1S/C14H21N3O3/c1-14(2,3)9-4-5-17(8-11(9)18)12-7-15-10(6-16-12)13(19)20/h6-7,9,11,18H,4-5,8H2,1-3H3,(H,19,20). The van der Waals surface area contributed by atoms with Crippen molar-refractivity contribution in [3.8, 4) is 0 Å². The normalized spacial score (nSPS) is 23.7. The van der Waals surface area contributed by atoms with Crippen LogP contribution in [0.5, 0.6) is 0 Å². The highest BCUT2D eigenvalue weighted by atomic mass is 16.4. The van der Waals surface area contributed by atoms with Crippen LogP contribution in [0.25, 0.3) is 0 Å². The second kappa shape index (κ2) is 5.36. The van der Waals surface area contributed by atoms with E-state index in [1.54, 1.807) is 0 Å². The monoisotopic (exact) mass is 279 g/mol. The third-order valence-electron chi connectivity index (χ3n) is 3.88. The third kappa shape index (κ3) is 3.07. The van der Waals surface area contributed by atoms with E-state index in [1.807, 2.05) is 4.90 Å². The molecule has 2 unspecified atom stereocenters. The van der Waals surface area contributed by atoms with Gasteiger partial charge >= 0.3 is 5.97 Å². The Morgan fingerprint density at radius 3 is 2.50 bits per heavy atom. The Balaban J connectivity index is 2.07. The van der Waals surface area contributed by atoms with E-state index in [4.69, 9.17) is 5.11 Å². The smallest absolute Gasteiger partial charge is 0.356 e. The van der Waals surface area contributed by atoms with Crippen LogP contribution in [0.15, 0.2) is 12.4 Å². The molecule has 0 saturated carbocycles. The van der Waals surface area contributed by atoms with Crippen molar-refractivity contribution in [3.63, 3.8) is 0 Å². The van der Waals surface area contributed by atoms with Crippen LogP contribution in [0, 0.1) is 11.3 Å². The van der Waals surface area contributed by atoms with Crippen molar-refractivity contribution in [2.24, 2.45) is 11.3 Å². The zero-order chi connectivity index (χ0) is 14.9. The summed E-state index contributed by atoms with van der Waals surface area (Å²) in [5, 5.41) is 19.1. The van der Waals surface area contributed by atoms with Crippen LogP contribution in [-0.4, -0.2) is 45.3 Å². The first kappa shape index (κ1) is 14.7. The molecule has 1 aromatic rings. The molecular weight excluding hydrogens is 258 g/mol. The van der Waals surface area contributed by atoms with Gasteiger partial charge in [-0.3, -0.25) is 0 Å². The summed E-state index contributed by atoms with van der Waals surface area (Å²) in [4.78, 5) is 20.7. The van der Waals surface area contributed by atoms with Crippen LogP contribution in [0.1, 0.15) is 37.7 Å². The Kier molecular flexibility index (Phi) is 3.94. The number of rotatable bonds is 2. The summed E-state index contributed by atoms with van der Waals surface area (Å²) in [7, 11) is 0. The van der Waals surface area contributed by atoms with E-state index in [2.05, 4.69) is 30.7 Å². The summed E-state index contributed by atoms with van der Waals surface area (Å²) < 4.78 is 0. The second-order valence-corrected chi connectivity index (χ2v) is 6.34. The molecule has 6 heteroatoms. The Morgan fingerprint density at radius 1 is 1.35 bits per heavy atom. The summed E-state index contributed by atoms with van der Waals surface area (Å²) >= 11 is 0. The van der Waals surface area contributed by atoms with Gasteiger partial charge in [0.05, 0.1) is 18.5 Å². The predicted molar refractivity (Wildman–Crippen MR) is 74.8 cm³/mol. The van der Waals surface area contributed by atoms with Gasteiger partial charge in [-0.2, -0.15) is 0 Å². The molecule has 2 heterocycles. The minimum Gasteiger partial charge on any atom is -0.476 e. The molecule has 2 rings (SSSR count). The SMILES string of the molecule is CC(C)(C)C1CCN(c2cnc(C(=O)O)cn2)CC1O. The molecule has 1 saturated heterocycles. The molecule has 2 atom stereocenters. The minimum absolute atomic E-state index is 0.0705. The Bertz CT molecular complexity index is 481. The van der Waals surface area contributed by atoms with Crippen molar-refractivity contribution in [1.82, 2.24) is 9.97 Å². The zero-order valence-corrected chi connectivity index (χ0v) is 12.1. The van der Waals surface area contributed by atoms with Crippen molar-refractivity contribution in [1.29, 1.82) is 0 Å². The van der Waals surface area contributed by atoms with Crippen LogP contribution in [0.4, 0.5) is 5.82 Å². The molecule has 0 amide bonds. The molecule has 2 N–H and O–H groups in total. The number of carbonyl (C=O) groups is 1. The molecule has 6 nitrogen and oxygen atoms in total. The summed E-state index contributed by atoms with van der Waals surface area (Å²) in [6, 6.07) is 0. The van der Waals surface area contributed by atoms with E-state index < -0.39 is 12.1 Å². The van der Waals surface area contributed by atoms with Gasteiger partial charge in [0.1, 0.15) is 5.82 Å². The topological polar surface area (TPSA) is 86.6 Å². The maximum atomic E-state index is 10.7. The van der Waals surface area contributed by atoms with Gasteiger partial charge < -0.3 is 15.1 Å². The summed E-state index contributed by atoms with van der Waals surface area (Å²) in [6.45, 7) is 7.71. The number of carboxylic acids is 1. The molecule has 110 valence electrons. The maximum Gasteiger partial charge on any atom is 0.356 e. The highest BCUT2D eigenvalue weighted by molar-refractivity contribution is 5.84. The Labute approximate surface area is 118 Å². The van der Waals surface area contributed by atoms with Gasteiger partial charge in [0.15, 0.2) is 5.69 Å². The zero-order valence-electron chi connectivity index (χ0n) is 12.1. The Hall–Kier alpha value is -1.69. The number of β-amino-alcohol motifs (C(OH)–C–C–N with tert-alkyl or cyclic N) is 1. The molecule has 0 aliphatic carbocycles. The summed E-state index contributed by atoms with van der Waals surface area (Å²) in [5.74, 6) is -0.220. The van der Waals surface area contributed by atoms with Gasteiger partial charge in [0.25, 0.3) is 0 Å². The lowest BCUT2D eigenvalue weighted by Gasteiger charge is -2.42. The number of hydrogen-bond acceptors (Lipinski definition) is 5. The lowest BCUT2D eigenvalue weighted by Crippen LogP contribution is -2.48. The number of aliphatic hydroxyl groups is 1. The number of hydrogen-bond donors (Lipinski definition) is 2. The van der Waals surface area contributed by atoms with E-state index >= 15 is 0 Å². The van der Waals surface area contributed by atoms with Crippen LogP contribution >= 0.6 is 0 Å². The number of aromatic nitrogens is 2. The number of aliphatic hydroxyl groups excluding tert-OH is 1. The second-order valence-electron chi connectivity index (χ2n) is 6.34. The average molecular weight is 279 g/mol. The molecule has 20 heavy (non-hydrogen) atoms. The fourth-order valence-corrected chi connectivity index (χ4v) is 2.74. The molecule has 0 aromatic carbocycles. The fourth-order valence-electron chi connectivity index (χ4n) is 2.74. The lowest BCUT2D eigenvalue weighted by atomic mass is 9.74. The molecule has 0 spiro atoms. The molecule has 1 aliphatic heterocycles. The average Bonchev–Trinajstić information content (AvgIpc) is 2.37. The predicted octanol–water partition coefficient (Wildman–Crippen LogP) is 1.41. The first-order valence-electron chi connectivity index (χ1n) is 6.77. The largest absolute Gasteiger partial charge is 0.476 e. The molecule has 1 aliphatic rings. The quantitative estimate of drug-likeness (QED) is 0.851. The number of nitrogens with zero attached hydrogens (tertiary/aromatic N) is 3. The van der Waals surface area contributed by atoms with Gasteiger partial charge in [-0.1, -0.05) is 20.8 Å². The van der Waals surface area contributed by atoms with Crippen molar-refractivity contribution in [2.75, 3.05) is 18.0 Å². The highest BCUT2D eigenvalue weighted by Crippen LogP contribution is 2.35. The maximum absolute atomic E-state index is 10.7. The number of carboxylic acid groups (broad SMARTS) is 1. The number of piperidine rings is 1. The van der Waals surface area contributed by atoms with Crippen molar-refractivity contribution >= 4 is 11.8 Å². The van der Waals surface area contributed by atoms with E-state index in [0.717, 1.165) is 13.0 Å². The van der Waals surface area contributed by atoms with Crippen LogP contribution < -0.4 is 4.90 Å². The molecule has 1 fully saturated rings. The number of anilines is 1. The molecule has 0 bridgehead atoms. The van der Waals surface area contributed by atoms with E-state index in [-0.39, 0.29) is 17.0 Å². The summed E-state index contributed by atoms with van der Waals surface area (Å²) in [6.07, 6.45) is 3.17. The molecule has 1 aromatic heterocycles. The summed E-state index contributed by atoms with van der Waals surface area (Å²) in [5.41, 5.74) is 0.00327.